The van der Waals surface area contributed by atoms with Gasteiger partial charge in [-0.1, -0.05) is 33.6 Å². The smallest absolute Gasteiger partial charge is 0.244 e. The van der Waals surface area contributed by atoms with Crippen molar-refractivity contribution in [2.45, 2.75) is 11.4 Å². The largest absolute Gasteiger partial charge is 0.493 e. The predicted molar refractivity (Wildman–Crippen MR) is 113 cm³/mol. The Balaban J connectivity index is 1.66. The molecular weight excluding hydrogens is 468 g/mol. The van der Waals surface area contributed by atoms with E-state index in [1.807, 2.05) is 18.2 Å². The van der Waals surface area contributed by atoms with Gasteiger partial charge in [0.05, 0.1) is 19.2 Å². The first kappa shape index (κ1) is 21.4. The van der Waals surface area contributed by atoms with Gasteiger partial charge in [-0.05, 0) is 35.9 Å². The number of sulfonamides is 1. The van der Waals surface area contributed by atoms with Crippen molar-refractivity contribution in [1.82, 2.24) is 9.21 Å². The number of methoxy groups -OCH3 is 2. The Morgan fingerprint density at radius 1 is 1.00 bits per heavy atom. The van der Waals surface area contributed by atoms with Gasteiger partial charge in [0.25, 0.3) is 0 Å². The van der Waals surface area contributed by atoms with Crippen LogP contribution >= 0.6 is 27.5 Å². The van der Waals surface area contributed by atoms with E-state index in [9.17, 15) is 8.42 Å². The van der Waals surface area contributed by atoms with E-state index in [2.05, 4.69) is 20.8 Å². The maximum absolute atomic E-state index is 12.9. The standard InChI is InChI=1S/C19H22BrClN2O4S/c1-26-17-5-3-14(11-18(17)27-2)13-22-7-9-23(10-8-22)28(24,25)19-6-4-15(20)12-16(19)21/h3-6,11-12H,7-10,13H2,1-2H3. The zero-order chi connectivity index (χ0) is 20.3. The highest BCUT2D eigenvalue weighted by Gasteiger charge is 2.30. The van der Waals surface area contributed by atoms with Gasteiger partial charge < -0.3 is 9.47 Å². The molecular formula is C19H22BrClN2O4S. The van der Waals surface area contributed by atoms with Gasteiger partial charge in [-0.25, -0.2) is 8.42 Å². The quantitative estimate of drug-likeness (QED) is 0.620. The maximum Gasteiger partial charge on any atom is 0.244 e. The van der Waals surface area contributed by atoms with Crippen molar-refractivity contribution >= 4 is 37.6 Å². The lowest BCUT2D eigenvalue weighted by atomic mass is 10.1. The van der Waals surface area contributed by atoms with Gasteiger partial charge in [-0.3, -0.25) is 4.90 Å². The first-order chi connectivity index (χ1) is 13.3. The number of halogens is 2. The maximum atomic E-state index is 12.9. The average Bonchev–Trinajstić information content (AvgIpc) is 2.68. The van der Waals surface area contributed by atoms with Gasteiger partial charge in [0.2, 0.25) is 10.0 Å². The Bertz CT molecular complexity index is 947. The SMILES string of the molecule is COc1ccc(CN2CCN(S(=O)(=O)c3ccc(Br)cc3Cl)CC2)cc1OC. The van der Waals surface area contributed by atoms with Crippen LogP contribution in [-0.4, -0.2) is 58.0 Å². The van der Waals surface area contributed by atoms with Crippen LogP contribution in [0.25, 0.3) is 0 Å². The fourth-order valence-electron chi connectivity index (χ4n) is 3.19. The summed E-state index contributed by atoms with van der Waals surface area (Å²) in [5.74, 6) is 1.37. The number of hydrogen-bond acceptors (Lipinski definition) is 5. The van der Waals surface area contributed by atoms with Crippen molar-refractivity contribution in [2.75, 3.05) is 40.4 Å². The van der Waals surface area contributed by atoms with Gasteiger partial charge in [-0.2, -0.15) is 4.31 Å². The van der Waals surface area contributed by atoms with Gasteiger partial charge in [0.15, 0.2) is 11.5 Å². The summed E-state index contributed by atoms with van der Waals surface area (Å²) in [5, 5.41) is 0.224. The molecule has 0 atom stereocenters. The molecule has 1 heterocycles. The summed E-state index contributed by atoms with van der Waals surface area (Å²) in [6.45, 7) is 2.83. The van der Waals surface area contributed by atoms with Crippen molar-refractivity contribution in [3.63, 3.8) is 0 Å². The topological polar surface area (TPSA) is 59.1 Å². The minimum atomic E-state index is -3.61. The van der Waals surface area contributed by atoms with Gasteiger partial charge in [0.1, 0.15) is 4.90 Å². The van der Waals surface area contributed by atoms with E-state index in [-0.39, 0.29) is 9.92 Å². The zero-order valence-corrected chi connectivity index (χ0v) is 18.8. The van der Waals surface area contributed by atoms with Crippen LogP contribution in [0.4, 0.5) is 0 Å². The lowest BCUT2D eigenvalue weighted by Crippen LogP contribution is -2.48. The molecule has 1 aliphatic heterocycles. The minimum absolute atomic E-state index is 0.144. The second kappa shape index (κ2) is 9.00. The molecule has 2 aromatic carbocycles. The lowest BCUT2D eigenvalue weighted by molar-refractivity contribution is 0.181. The molecule has 28 heavy (non-hydrogen) atoms. The number of ether oxygens (including phenoxy) is 2. The predicted octanol–water partition coefficient (Wildman–Crippen LogP) is 3.63. The first-order valence-corrected chi connectivity index (χ1v) is 11.3. The molecule has 3 rings (SSSR count). The summed E-state index contributed by atoms with van der Waals surface area (Å²) in [5.41, 5.74) is 1.09. The second-order valence-corrected chi connectivity index (χ2v) is 9.67. The van der Waals surface area contributed by atoms with Crippen LogP contribution in [0.15, 0.2) is 45.8 Å². The van der Waals surface area contributed by atoms with Crippen molar-refractivity contribution in [1.29, 1.82) is 0 Å². The fourth-order valence-corrected chi connectivity index (χ4v) is 5.62. The number of rotatable bonds is 6. The molecule has 0 bridgehead atoms. The molecule has 0 unspecified atom stereocenters. The number of benzene rings is 2. The summed E-state index contributed by atoms with van der Waals surface area (Å²) in [6, 6.07) is 10.6. The van der Waals surface area contributed by atoms with Crippen molar-refractivity contribution in [3.8, 4) is 11.5 Å². The fraction of sp³-hybridized carbons (Fsp3) is 0.368. The van der Waals surface area contributed by atoms with Crippen LogP contribution in [0.5, 0.6) is 11.5 Å². The first-order valence-electron chi connectivity index (χ1n) is 8.73. The van der Waals surface area contributed by atoms with E-state index < -0.39 is 10.0 Å². The summed E-state index contributed by atoms with van der Waals surface area (Å²) >= 11 is 9.46. The summed E-state index contributed by atoms with van der Waals surface area (Å²) < 4.78 is 38.7. The molecule has 0 saturated carbocycles. The average molecular weight is 490 g/mol. The van der Waals surface area contributed by atoms with Gasteiger partial charge in [-0.15, -0.1) is 0 Å². The molecule has 0 N–H and O–H groups in total. The molecule has 0 aromatic heterocycles. The number of nitrogens with zero attached hydrogens (tertiary/aromatic N) is 2. The molecule has 0 amide bonds. The van der Waals surface area contributed by atoms with E-state index in [0.717, 1.165) is 10.0 Å². The molecule has 1 aliphatic rings. The van der Waals surface area contributed by atoms with E-state index in [0.29, 0.717) is 44.2 Å². The summed E-state index contributed by atoms with van der Waals surface area (Å²) in [4.78, 5) is 2.36. The third kappa shape index (κ3) is 4.63. The monoisotopic (exact) mass is 488 g/mol. The van der Waals surface area contributed by atoms with Gasteiger partial charge >= 0.3 is 0 Å². The highest BCUT2D eigenvalue weighted by atomic mass is 79.9. The van der Waals surface area contributed by atoms with Crippen LogP contribution in [0, 0.1) is 0 Å². The molecule has 0 radical (unpaired) electrons. The summed E-state index contributed by atoms with van der Waals surface area (Å²) in [6.07, 6.45) is 0. The third-order valence-corrected chi connectivity index (χ3v) is 7.57. The highest BCUT2D eigenvalue weighted by Crippen LogP contribution is 2.30. The van der Waals surface area contributed by atoms with Crippen LogP contribution in [0.1, 0.15) is 5.56 Å². The normalized spacial score (nSPS) is 16.1. The zero-order valence-electron chi connectivity index (χ0n) is 15.7. The molecule has 6 nitrogen and oxygen atoms in total. The Morgan fingerprint density at radius 3 is 2.29 bits per heavy atom. The van der Waals surface area contributed by atoms with E-state index in [4.69, 9.17) is 21.1 Å². The molecule has 1 saturated heterocycles. The highest BCUT2D eigenvalue weighted by molar-refractivity contribution is 9.10. The molecule has 9 heteroatoms. The van der Waals surface area contributed by atoms with Crippen LogP contribution in [0.2, 0.25) is 5.02 Å². The lowest BCUT2D eigenvalue weighted by Gasteiger charge is -2.34. The molecule has 0 aliphatic carbocycles. The summed E-state index contributed by atoms with van der Waals surface area (Å²) in [7, 11) is -0.392. The Kier molecular flexibility index (Phi) is 6.88. The Labute approximate surface area is 179 Å². The molecule has 0 spiro atoms. The number of piperazine rings is 1. The number of hydrogen-bond donors (Lipinski definition) is 0. The van der Waals surface area contributed by atoms with Crippen LogP contribution < -0.4 is 9.47 Å². The molecule has 152 valence electrons. The van der Waals surface area contributed by atoms with Crippen molar-refractivity contribution < 1.29 is 17.9 Å². The minimum Gasteiger partial charge on any atom is -0.493 e. The van der Waals surface area contributed by atoms with E-state index in [1.54, 1.807) is 26.4 Å². The van der Waals surface area contributed by atoms with Gasteiger partial charge in [0, 0.05) is 37.2 Å². The van der Waals surface area contributed by atoms with Crippen LogP contribution in [0.3, 0.4) is 0 Å². The van der Waals surface area contributed by atoms with Crippen molar-refractivity contribution in [2.24, 2.45) is 0 Å². The molecule has 1 fully saturated rings. The second-order valence-electron chi connectivity index (χ2n) is 6.44. The van der Waals surface area contributed by atoms with Crippen LogP contribution in [-0.2, 0) is 16.6 Å². The van der Waals surface area contributed by atoms with E-state index in [1.165, 1.54) is 10.4 Å². The van der Waals surface area contributed by atoms with E-state index >= 15 is 0 Å². The Hall–Kier alpha value is -1.32. The third-order valence-electron chi connectivity index (χ3n) is 4.70. The Morgan fingerprint density at radius 2 is 1.68 bits per heavy atom. The van der Waals surface area contributed by atoms with Crippen molar-refractivity contribution in [3.05, 3.63) is 51.5 Å². The molecule has 2 aromatic rings.